The first kappa shape index (κ1) is 12.4. The van der Waals surface area contributed by atoms with Gasteiger partial charge in [-0.05, 0) is 32.1 Å². The van der Waals surface area contributed by atoms with Gasteiger partial charge in [0.05, 0.1) is 5.54 Å². The van der Waals surface area contributed by atoms with Crippen LogP contribution < -0.4 is 5.73 Å². The Hall–Kier alpha value is -1.10. The van der Waals surface area contributed by atoms with Crippen LogP contribution in [0, 0.1) is 0 Å². The summed E-state index contributed by atoms with van der Waals surface area (Å²) in [4.78, 5) is 25.3. The number of carboxylic acids is 1. The van der Waals surface area contributed by atoms with Crippen molar-refractivity contribution in [1.82, 2.24) is 4.90 Å². The summed E-state index contributed by atoms with van der Waals surface area (Å²) < 4.78 is 0. The van der Waals surface area contributed by atoms with Crippen LogP contribution in [0.3, 0.4) is 0 Å². The van der Waals surface area contributed by atoms with Gasteiger partial charge in [-0.3, -0.25) is 4.79 Å². The van der Waals surface area contributed by atoms with Gasteiger partial charge in [-0.15, -0.1) is 0 Å². The maximum atomic E-state index is 12.3. The highest BCUT2D eigenvalue weighted by molar-refractivity contribution is 5.94. The molecule has 2 fully saturated rings. The van der Waals surface area contributed by atoms with E-state index in [4.69, 9.17) is 5.73 Å². The minimum absolute atomic E-state index is 0.161. The molecule has 1 unspecified atom stereocenters. The van der Waals surface area contributed by atoms with E-state index < -0.39 is 17.0 Å². The quantitative estimate of drug-likeness (QED) is 0.758. The molecule has 1 aliphatic heterocycles. The highest BCUT2D eigenvalue weighted by Crippen LogP contribution is 2.41. The van der Waals surface area contributed by atoms with Crippen molar-refractivity contribution in [3.63, 3.8) is 0 Å². The van der Waals surface area contributed by atoms with Crippen molar-refractivity contribution in [3.8, 4) is 0 Å². The number of amides is 1. The van der Waals surface area contributed by atoms with Crippen LogP contribution in [0.25, 0.3) is 0 Å². The average molecular weight is 240 g/mol. The fraction of sp³-hybridized carbons (Fsp3) is 0.833. The van der Waals surface area contributed by atoms with Gasteiger partial charge in [-0.1, -0.05) is 13.3 Å². The Kier molecular flexibility index (Phi) is 2.89. The number of aliphatic carboxylic acids is 1. The second-order valence-corrected chi connectivity index (χ2v) is 5.30. The van der Waals surface area contributed by atoms with Gasteiger partial charge in [0.15, 0.2) is 0 Å². The average Bonchev–Trinajstić information content (AvgIpc) is 2.89. The van der Waals surface area contributed by atoms with Crippen LogP contribution in [0.15, 0.2) is 0 Å². The monoisotopic (exact) mass is 240 g/mol. The molecule has 17 heavy (non-hydrogen) atoms. The van der Waals surface area contributed by atoms with Gasteiger partial charge >= 0.3 is 5.97 Å². The van der Waals surface area contributed by atoms with Crippen molar-refractivity contribution in [3.05, 3.63) is 0 Å². The topological polar surface area (TPSA) is 83.6 Å². The molecule has 2 aliphatic rings. The molecular formula is C12H20N2O3. The van der Waals surface area contributed by atoms with Gasteiger partial charge in [0.1, 0.15) is 5.54 Å². The molecule has 1 atom stereocenters. The summed E-state index contributed by atoms with van der Waals surface area (Å²) in [7, 11) is 0. The Morgan fingerprint density at radius 2 is 2.00 bits per heavy atom. The Labute approximate surface area is 101 Å². The molecule has 0 aromatic carbocycles. The summed E-state index contributed by atoms with van der Waals surface area (Å²) in [6.07, 6.45) is 3.96. The largest absolute Gasteiger partial charge is 0.479 e. The molecule has 5 heteroatoms. The first-order chi connectivity index (χ1) is 7.96. The molecule has 1 aliphatic carbocycles. The molecule has 0 radical (unpaired) electrons. The minimum Gasteiger partial charge on any atom is -0.479 e. The van der Waals surface area contributed by atoms with Gasteiger partial charge in [-0.2, -0.15) is 0 Å². The highest BCUT2D eigenvalue weighted by atomic mass is 16.4. The predicted molar refractivity (Wildman–Crippen MR) is 62.4 cm³/mol. The van der Waals surface area contributed by atoms with E-state index in [0.29, 0.717) is 32.2 Å². The summed E-state index contributed by atoms with van der Waals surface area (Å²) in [5, 5.41) is 9.47. The van der Waals surface area contributed by atoms with Crippen molar-refractivity contribution in [2.24, 2.45) is 5.73 Å². The third kappa shape index (κ3) is 1.82. The van der Waals surface area contributed by atoms with Crippen LogP contribution in [0.1, 0.15) is 45.4 Å². The summed E-state index contributed by atoms with van der Waals surface area (Å²) in [6, 6.07) is 0. The fourth-order valence-electron chi connectivity index (χ4n) is 2.79. The zero-order chi connectivity index (χ0) is 12.7. The molecule has 5 nitrogen and oxygen atoms in total. The number of nitrogens with two attached hydrogens (primary N) is 1. The van der Waals surface area contributed by atoms with Gasteiger partial charge < -0.3 is 15.7 Å². The molecule has 2 rings (SSSR count). The van der Waals surface area contributed by atoms with Gasteiger partial charge in [0.2, 0.25) is 5.91 Å². The molecular weight excluding hydrogens is 220 g/mol. The molecule has 1 heterocycles. The van der Waals surface area contributed by atoms with E-state index in [1.54, 1.807) is 0 Å². The standard InChI is InChI=1S/C12H20N2O3/c1-2-4-12(10(16)17)5-3-8-14(12)9(15)11(13)6-7-11/h2-8,13H2,1H3,(H,16,17). The molecule has 0 bridgehead atoms. The normalized spacial score (nSPS) is 30.4. The second-order valence-electron chi connectivity index (χ2n) is 5.30. The lowest BCUT2D eigenvalue weighted by molar-refractivity contribution is -0.158. The number of rotatable bonds is 4. The number of hydrogen-bond acceptors (Lipinski definition) is 3. The molecule has 1 saturated carbocycles. The summed E-state index contributed by atoms with van der Waals surface area (Å²) in [5.74, 6) is -1.04. The Morgan fingerprint density at radius 1 is 1.35 bits per heavy atom. The van der Waals surface area contributed by atoms with Crippen molar-refractivity contribution >= 4 is 11.9 Å². The molecule has 1 saturated heterocycles. The maximum absolute atomic E-state index is 12.3. The van der Waals surface area contributed by atoms with Crippen LogP contribution in [-0.4, -0.2) is 39.5 Å². The van der Waals surface area contributed by atoms with Crippen molar-refractivity contribution in [1.29, 1.82) is 0 Å². The molecule has 3 N–H and O–H groups in total. The van der Waals surface area contributed by atoms with E-state index in [9.17, 15) is 14.7 Å². The van der Waals surface area contributed by atoms with E-state index >= 15 is 0 Å². The third-order valence-corrected chi connectivity index (χ3v) is 4.01. The van der Waals surface area contributed by atoms with E-state index in [2.05, 4.69) is 0 Å². The molecule has 0 aromatic rings. The Bertz CT molecular complexity index is 352. The number of nitrogens with zero attached hydrogens (tertiary/aromatic N) is 1. The molecule has 96 valence electrons. The SMILES string of the molecule is CCCC1(C(=O)O)CCCN1C(=O)C1(N)CC1. The Balaban J connectivity index is 2.25. The van der Waals surface area contributed by atoms with Gasteiger partial charge in [0.25, 0.3) is 0 Å². The predicted octanol–water partition coefficient (Wildman–Crippen LogP) is 0.724. The minimum atomic E-state index is -0.999. The van der Waals surface area contributed by atoms with Crippen LogP contribution in [-0.2, 0) is 9.59 Å². The summed E-state index contributed by atoms with van der Waals surface area (Å²) in [5.41, 5.74) is 4.14. The lowest BCUT2D eigenvalue weighted by atomic mass is 9.90. The van der Waals surface area contributed by atoms with Gasteiger partial charge in [0, 0.05) is 6.54 Å². The van der Waals surface area contributed by atoms with E-state index in [1.807, 2.05) is 6.92 Å². The smallest absolute Gasteiger partial charge is 0.329 e. The first-order valence-corrected chi connectivity index (χ1v) is 6.31. The maximum Gasteiger partial charge on any atom is 0.329 e. The highest BCUT2D eigenvalue weighted by Gasteiger charge is 2.56. The third-order valence-electron chi connectivity index (χ3n) is 4.01. The molecule has 1 amide bonds. The van der Waals surface area contributed by atoms with Crippen molar-refractivity contribution in [2.75, 3.05) is 6.54 Å². The van der Waals surface area contributed by atoms with E-state index in [-0.39, 0.29) is 5.91 Å². The number of carboxylic acid groups (broad SMARTS) is 1. The second kappa shape index (κ2) is 3.98. The summed E-state index contributed by atoms with van der Waals surface area (Å²) in [6.45, 7) is 2.48. The van der Waals surface area contributed by atoms with E-state index in [1.165, 1.54) is 4.90 Å². The fourth-order valence-corrected chi connectivity index (χ4v) is 2.79. The lowest BCUT2D eigenvalue weighted by Gasteiger charge is -2.36. The van der Waals surface area contributed by atoms with Crippen LogP contribution in [0.5, 0.6) is 0 Å². The number of hydrogen-bond donors (Lipinski definition) is 2. The number of likely N-dealkylation sites (tertiary alicyclic amines) is 1. The lowest BCUT2D eigenvalue weighted by Crippen LogP contribution is -2.58. The number of carbonyl (C=O) groups is 2. The first-order valence-electron chi connectivity index (χ1n) is 6.31. The van der Waals surface area contributed by atoms with Crippen molar-refractivity contribution in [2.45, 2.75) is 56.5 Å². The van der Waals surface area contributed by atoms with E-state index in [0.717, 1.165) is 12.8 Å². The zero-order valence-corrected chi connectivity index (χ0v) is 10.2. The van der Waals surface area contributed by atoms with Crippen molar-refractivity contribution < 1.29 is 14.7 Å². The Morgan fingerprint density at radius 3 is 2.47 bits per heavy atom. The zero-order valence-electron chi connectivity index (χ0n) is 10.2. The van der Waals surface area contributed by atoms with Gasteiger partial charge in [-0.25, -0.2) is 4.79 Å². The summed E-state index contributed by atoms with van der Waals surface area (Å²) >= 11 is 0. The van der Waals surface area contributed by atoms with Crippen LogP contribution in [0.2, 0.25) is 0 Å². The van der Waals surface area contributed by atoms with Crippen LogP contribution >= 0.6 is 0 Å². The molecule has 0 aromatic heterocycles. The van der Waals surface area contributed by atoms with Crippen LogP contribution in [0.4, 0.5) is 0 Å². The number of carbonyl (C=O) groups excluding carboxylic acids is 1. The molecule has 0 spiro atoms.